The van der Waals surface area contributed by atoms with Crippen molar-refractivity contribution in [2.24, 2.45) is 0 Å². The number of amides is 1. The molecule has 0 bridgehead atoms. The lowest BCUT2D eigenvalue weighted by Gasteiger charge is -2.30. The van der Waals surface area contributed by atoms with Crippen LogP contribution < -0.4 is 9.62 Å². The van der Waals surface area contributed by atoms with Crippen LogP contribution in [0.2, 0.25) is 0 Å². The zero-order valence-electron chi connectivity index (χ0n) is 17.7. The van der Waals surface area contributed by atoms with Gasteiger partial charge in [0.15, 0.2) is 0 Å². The molecule has 0 radical (unpaired) electrons. The molecule has 0 aliphatic heterocycles. The topological polar surface area (TPSA) is 66.5 Å². The first-order chi connectivity index (χ1) is 14.2. The zero-order valence-corrected chi connectivity index (χ0v) is 18.5. The minimum absolute atomic E-state index is 0.207. The monoisotopic (exact) mass is 432 g/mol. The Hall–Kier alpha value is -2.41. The second kappa shape index (κ2) is 9.16. The molecule has 30 heavy (non-hydrogen) atoms. The van der Waals surface area contributed by atoms with Crippen LogP contribution in [0.15, 0.2) is 42.5 Å². The van der Waals surface area contributed by atoms with E-state index in [1.165, 1.54) is 48.2 Å². The second-order valence-corrected chi connectivity index (χ2v) is 9.78. The molecule has 0 aromatic heterocycles. The molecule has 0 saturated heterocycles. The number of hydrogen-bond acceptors (Lipinski definition) is 3. The standard InChI is InChI=1S/C23H29FN2O3S/c1-4-22(19-10-9-17-7-5-6-8-18(17)15-19)25-23(27)16(2)26(30(3,28)29)21-13-11-20(24)12-14-21/h9-16,22H,4-8H2,1-3H3,(H,25,27)/t16-,22+/m0/s1. The van der Waals surface area contributed by atoms with Crippen molar-refractivity contribution in [1.82, 2.24) is 5.32 Å². The van der Waals surface area contributed by atoms with E-state index in [9.17, 15) is 17.6 Å². The number of aryl methyl sites for hydroxylation is 2. The Kier molecular flexibility index (Phi) is 6.81. The van der Waals surface area contributed by atoms with Crippen molar-refractivity contribution in [2.75, 3.05) is 10.6 Å². The minimum Gasteiger partial charge on any atom is -0.347 e. The van der Waals surface area contributed by atoms with Gasteiger partial charge in [0.25, 0.3) is 0 Å². The molecule has 0 saturated carbocycles. The molecular weight excluding hydrogens is 403 g/mol. The van der Waals surface area contributed by atoms with Gasteiger partial charge >= 0.3 is 0 Å². The number of rotatable bonds is 7. The van der Waals surface area contributed by atoms with Gasteiger partial charge in [0.2, 0.25) is 15.9 Å². The van der Waals surface area contributed by atoms with Crippen LogP contribution in [-0.2, 0) is 27.7 Å². The average molecular weight is 433 g/mol. The van der Waals surface area contributed by atoms with Crippen LogP contribution in [0.3, 0.4) is 0 Å². The quantitative estimate of drug-likeness (QED) is 0.716. The van der Waals surface area contributed by atoms with Crippen molar-refractivity contribution >= 4 is 21.6 Å². The number of sulfonamides is 1. The molecule has 0 heterocycles. The molecule has 2 aromatic carbocycles. The van der Waals surface area contributed by atoms with E-state index in [0.717, 1.165) is 29.0 Å². The summed E-state index contributed by atoms with van der Waals surface area (Å²) in [4.78, 5) is 13.0. The number of nitrogens with one attached hydrogen (secondary N) is 1. The van der Waals surface area contributed by atoms with E-state index in [0.29, 0.717) is 6.42 Å². The van der Waals surface area contributed by atoms with Crippen LogP contribution in [0.25, 0.3) is 0 Å². The maximum atomic E-state index is 13.3. The van der Waals surface area contributed by atoms with Gasteiger partial charge in [-0.1, -0.05) is 25.1 Å². The third-order valence-corrected chi connectivity index (χ3v) is 6.91. The maximum Gasteiger partial charge on any atom is 0.244 e. The number of nitrogens with zero attached hydrogens (tertiary/aromatic N) is 1. The summed E-state index contributed by atoms with van der Waals surface area (Å²) in [5.74, 6) is -0.864. The van der Waals surface area contributed by atoms with E-state index in [2.05, 4.69) is 23.5 Å². The normalized spacial score (nSPS) is 15.7. The number of fused-ring (bicyclic) bond motifs is 1. The first kappa shape index (κ1) is 22.3. The van der Waals surface area contributed by atoms with Crippen LogP contribution in [0, 0.1) is 5.82 Å². The van der Waals surface area contributed by atoms with Gasteiger partial charge in [0.1, 0.15) is 11.9 Å². The lowest BCUT2D eigenvalue weighted by atomic mass is 9.88. The zero-order chi connectivity index (χ0) is 21.9. The van der Waals surface area contributed by atoms with Crippen LogP contribution in [0.4, 0.5) is 10.1 Å². The summed E-state index contributed by atoms with van der Waals surface area (Å²) in [6.07, 6.45) is 6.26. The van der Waals surface area contributed by atoms with Gasteiger partial charge in [0.05, 0.1) is 18.0 Å². The van der Waals surface area contributed by atoms with Gasteiger partial charge < -0.3 is 5.32 Å². The first-order valence-corrected chi connectivity index (χ1v) is 12.2. The molecule has 2 atom stereocenters. The molecule has 5 nitrogen and oxygen atoms in total. The first-order valence-electron chi connectivity index (χ1n) is 10.4. The van der Waals surface area contributed by atoms with Gasteiger partial charge in [-0.3, -0.25) is 9.10 Å². The van der Waals surface area contributed by atoms with E-state index in [1.54, 1.807) is 6.92 Å². The molecule has 0 fully saturated rings. The van der Waals surface area contributed by atoms with Crippen LogP contribution >= 0.6 is 0 Å². The number of halogens is 1. The fourth-order valence-corrected chi connectivity index (χ4v) is 5.26. The van der Waals surface area contributed by atoms with Crippen molar-refractivity contribution in [2.45, 2.75) is 58.0 Å². The molecule has 1 amide bonds. The summed E-state index contributed by atoms with van der Waals surface area (Å²) < 4.78 is 39.1. The van der Waals surface area contributed by atoms with Crippen molar-refractivity contribution < 1.29 is 17.6 Å². The van der Waals surface area contributed by atoms with Crippen LogP contribution in [0.1, 0.15) is 55.8 Å². The number of anilines is 1. The maximum absolute atomic E-state index is 13.3. The predicted octanol–water partition coefficient (Wildman–Crippen LogP) is 4.13. The van der Waals surface area contributed by atoms with E-state index < -0.39 is 27.8 Å². The van der Waals surface area contributed by atoms with Crippen LogP contribution in [0.5, 0.6) is 0 Å². The van der Waals surface area contributed by atoms with Gasteiger partial charge in [-0.2, -0.15) is 0 Å². The number of benzene rings is 2. The summed E-state index contributed by atoms with van der Waals surface area (Å²) >= 11 is 0. The fraction of sp³-hybridized carbons (Fsp3) is 0.435. The van der Waals surface area contributed by atoms with E-state index >= 15 is 0 Å². The summed E-state index contributed by atoms with van der Waals surface area (Å²) in [6.45, 7) is 3.53. The fourth-order valence-electron chi connectivity index (χ4n) is 4.08. The molecule has 2 aromatic rings. The van der Waals surface area contributed by atoms with E-state index in [4.69, 9.17) is 0 Å². The SMILES string of the molecule is CC[C@@H](NC(=O)[C@H](C)N(c1ccc(F)cc1)S(C)(=O)=O)c1ccc2c(c1)CCCC2. The molecule has 7 heteroatoms. The van der Waals surface area contributed by atoms with Gasteiger partial charge in [-0.25, -0.2) is 12.8 Å². The lowest BCUT2D eigenvalue weighted by molar-refractivity contribution is -0.122. The van der Waals surface area contributed by atoms with Crippen molar-refractivity contribution in [3.8, 4) is 0 Å². The smallest absolute Gasteiger partial charge is 0.244 e. The molecule has 0 unspecified atom stereocenters. The summed E-state index contributed by atoms with van der Waals surface area (Å²) in [5, 5.41) is 3.00. The summed E-state index contributed by atoms with van der Waals surface area (Å²) in [7, 11) is -3.74. The Bertz CT molecular complexity index is 1010. The van der Waals surface area contributed by atoms with Crippen molar-refractivity contribution in [1.29, 1.82) is 0 Å². The van der Waals surface area contributed by atoms with Crippen molar-refractivity contribution in [3.63, 3.8) is 0 Å². The molecular formula is C23H29FN2O3S. The highest BCUT2D eigenvalue weighted by Gasteiger charge is 2.30. The molecule has 1 aliphatic rings. The van der Waals surface area contributed by atoms with Crippen molar-refractivity contribution in [3.05, 3.63) is 65.0 Å². The Balaban J connectivity index is 1.82. The number of carbonyl (C=O) groups excluding carboxylic acids is 1. The predicted molar refractivity (Wildman–Crippen MR) is 117 cm³/mol. The van der Waals surface area contributed by atoms with Gasteiger partial charge in [0, 0.05) is 0 Å². The summed E-state index contributed by atoms with van der Waals surface area (Å²) in [6, 6.07) is 10.3. The highest BCUT2D eigenvalue weighted by Crippen LogP contribution is 2.27. The third-order valence-electron chi connectivity index (χ3n) is 5.67. The highest BCUT2D eigenvalue weighted by atomic mass is 32.2. The van der Waals surface area contributed by atoms with E-state index in [-0.39, 0.29) is 11.7 Å². The minimum atomic E-state index is -3.74. The molecule has 0 spiro atoms. The average Bonchev–Trinajstić information content (AvgIpc) is 2.72. The second-order valence-electron chi connectivity index (χ2n) is 7.92. The molecule has 3 rings (SSSR count). The molecule has 162 valence electrons. The van der Waals surface area contributed by atoms with Crippen LogP contribution in [-0.4, -0.2) is 26.6 Å². The number of carbonyl (C=O) groups is 1. The Labute approximate surface area is 178 Å². The van der Waals surface area contributed by atoms with Gasteiger partial charge in [-0.05, 0) is 80.0 Å². The lowest BCUT2D eigenvalue weighted by Crippen LogP contribution is -2.48. The largest absolute Gasteiger partial charge is 0.347 e. The Morgan fingerprint density at radius 2 is 1.73 bits per heavy atom. The summed E-state index contributed by atoms with van der Waals surface area (Å²) in [5.41, 5.74) is 4.00. The van der Waals surface area contributed by atoms with E-state index in [1.807, 2.05) is 6.92 Å². The Morgan fingerprint density at radius 1 is 1.10 bits per heavy atom. The molecule has 1 aliphatic carbocycles. The molecule has 1 N–H and O–H groups in total. The van der Waals surface area contributed by atoms with Gasteiger partial charge in [-0.15, -0.1) is 0 Å². The number of hydrogen-bond donors (Lipinski definition) is 1. The Morgan fingerprint density at radius 3 is 2.33 bits per heavy atom. The third kappa shape index (κ3) is 5.01. The highest BCUT2D eigenvalue weighted by molar-refractivity contribution is 7.92.